The highest BCUT2D eigenvalue weighted by atomic mass is 16.2. The quantitative estimate of drug-likeness (QED) is 0.134. The Bertz CT molecular complexity index is 3210. The lowest BCUT2D eigenvalue weighted by Crippen LogP contribution is -2.45. The molecule has 2 amide bonds. The fourth-order valence-corrected chi connectivity index (χ4v) is 12.9. The third-order valence-electron chi connectivity index (χ3n) is 17.2. The number of nitrogens with one attached hydrogen (secondary N) is 2. The first-order valence-corrected chi connectivity index (χ1v) is 27.1. The maximum atomic E-state index is 15.0. The van der Waals surface area contributed by atoms with Crippen molar-refractivity contribution in [2.45, 2.75) is 114 Å². The maximum Gasteiger partial charge on any atom is 0.238 e. The Kier molecular flexibility index (Phi) is 12.3. The number of nitrogens with zero attached hydrogens (tertiary/aromatic N) is 5. The first kappa shape index (κ1) is 48.2. The molecular formula is C66H67N7O2. The minimum absolute atomic E-state index is 0.0253. The van der Waals surface area contributed by atoms with Crippen LogP contribution >= 0.6 is 0 Å². The Balaban J connectivity index is 0.850. The molecule has 1 unspecified atom stereocenters. The van der Waals surface area contributed by atoms with Gasteiger partial charge in [-0.3, -0.25) is 9.59 Å². The zero-order valence-corrected chi connectivity index (χ0v) is 43.8. The number of hydrogen-bond donors (Lipinski definition) is 2. The molecule has 9 aromatic rings. The Hall–Kier alpha value is -7.78. The third-order valence-corrected chi connectivity index (χ3v) is 17.2. The van der Waals surface area contributed by atoms with Crippen LogP contribution < -0.4 is 4.90 Å². The van der Waals surface area contributed by atoms with Gasteiger partial charge in [-0.15, -0.1) is 0 Å². The molecule has 9 nitrogen and oxygen atoms in total. The van der Waals surface area contributed by atoms with Crippen LogP contribution in [-0.2, 0) is 25.8 Å². The molecule has 7 aromatic carbocycles. The van der Waals surface area contributed by atoms with Crippen LogP contribution in [0.4, 0.5) is 5.69 Å². The second-order valence-corrected chi connectivity index (χ2v) is 22.6. The summed E-state index contributed by atoms with van der Waals surface area (Å²) in [7, 11) is 0. The summed E-state index contributed by atoms with van der Waals surface area (Å²) in [6.07, 6.45) is 5.46. The lowest BCUT2D eigenvalue weighted by Gasteiger charge is -2.36. The zero-order valence-electron chi connectivity index (χ0n) is 43.8. The van der Waals surface area contributed by atoms with Crippen molar-refractivity contribution in [2.75, 3.05) is 18.0 Å². The predicted molar refractivity (Wildman–Crippen MR) is 301 cm³/mol. The van der Waals surface area contributed by atoms with E-state index in [0.717, 1.165) is 94.5 Å². The molecule has 0 bridgehead atoms. The van der Waals surface area contributed by atoms with E-state index in [1.54, 1.807) is 0 Å². The Labute approximate surface area is 441 Å². The first-order valence-electron chi connectivity index (χ1n) is 27.1. The highest BCUT2D eigenvalue weighted by Gasteiger charge is 2.46. The molecule has 378 valence electrons. The number of H-pyrrole nitrogens is 2. The van der Waals surface area contributed by atoms with Gasteiger partial charge in [0.25, 0.3) is 0 Å². The lowest BCUT2D eigenvalue weighted by atomic mass is 9.75. The van der Waals surface area contributed by atoms with Gasteiger partial charge < -0.3 is 24.7 Å². The van der Waals surface area contributed by atoms with Crippen LogP contribution in [0.25, 0.3) is 22.1 Å². The minimum Gasteiger partial charge on any atom is -0.357 e. The van der Waals surface area contributed by atoms with Gasteiger partial charge in [-0.2, -0.15) is 0 Å². The summed E-state index contributed by atoms with van der Waals surface area (Å²) in [6.45, 7) is 12.3. The number of aromatic amines is 2. The van der Waals surface area contributed by atoms with Gasteiger partial charge in [0.15, 0.2) is 0 Å². The van der Waals surface area contributed by atoms with Crippen molar-refractivity contribution in [3.05, 3.63) is 233 Å². The predicted octanol–water partition coefficient (Wildman–Crippen LogP) is 14.2. The number of fused-ring (bicyclic) bond motifs is 2. The number of imidazole rings is 2. The van der Waals surface area contributed by atoms with Crippen molar-refractivity contribution < 1.29 is 9.59 Å². The van der Waals surface area contributed by atoms with E-state index in [9.17, 15) is 0 Å². The molecule has 5 heterocycles. The van der Waals surface area contributed by atoms with Crippen molar-refractivity contribution in [2.24, 2.45) is 0 Å². The molecule has 3 fully saturated rings. The molecule has 4 atom stereocenters. The molecule has 3 aliphatic rings. The molecule has 0 spiro atoms. The molecule has 0 radical (unpaired) electrons. The second kappa shape index (κ2) is 19.2. The first-order chi connectivity index (χ1) is 36.4. The van der Waals surface area contributed by atoms with E-state index in [1.165, 1.54) is 22.4 Å². The standard InChI is InChI=1S/C66H67N7O2/c1-64(2,3)46-32-34-51(35-33-46)73-56(44-30-36-52-54(42-44)69-60(67-52)58-28-18-40-71(58)62(74)65(4,47-20-10-6-11-21-47)48-22-12-7-13-23-48)38-39-57(73)45-31-37-53-55(43-45)70-61(68-53)59-29-19-41-72(59)63(75)66(5,49-24-14-8-15-25-49)50-26-16-9-17-27-50/h6-17,20-27,30-37,42-43,56-59H,18-19,28-29,38-41H2,1-5H3,(H,67,69)(H,68,70)/t56-,57?,58+,59+/m1/s1. The molecular weight excluding hydrogens is 923 g/mol. The summed E-state index contributed by atoms with van der Waals surface area (Å²) in [6, 6.07) is 63.3. The molecule has 3 saturated heterocycles. The van der Waals surface area contributed by atoms with Gasteiger partial charge in [0.05, 0.1) is 57.1 Å². The van der Waals surface area contributed by atoms with Crippen molar-refractivity contribution in [1.82, 2.24) is 29.7 Å². The van der Waals surface area contributed by atoms with Crippen LogP contribution in [0.3, 0.4) is 0 Å². The zero-order chi connectivity index (χ0) is 51.5. The van der Waals surface area contributed by atoms with Crippen LogP contribution in [0.1, 0.15) is 148 Å². The summed E-state index contributed by atoms with van der Waals surface area (Å²) in [5, 5.41) is 0. The smallest absolute Gasteiger partial charge is 0.238 e. The van der Waals surface area contributed by atoms with E-state index in [1.807, 2.05) is 72.8 Å². The molecule has 0 aliphatic carbocycles. The molecule has 75 heavy (non-hydrogen) atoms. The molecule has 9 heteroatoms. The van der Waals surface area contributed by atoms with Crippen molar-refractivity contribution in [1.29, 1.82) is 0 Å². The minimum atomic E-state index is -0.853. The summed E-state index contributed by atoms with van der Waals surface area (Å²) in [5.74, 6) is 1.88. The van der Waals surface area contributed by atoms with Gasteiger partial charge in [0.2, 0.25) is 11.8 Å². The summed E-state index contributed by atoms with van der Waals surface area (Å²) in [5.41, 5.74) is 11.0. The van der Waals surface area contributed by atoms with Gasteiger partial charge >= 0.3 is 0 Å². The maximum absolute atomic E-state index is 15.0. The third kappa shape index (κ3) is 8.50. The number of amides is 2. The number of rotatable bonds is 11. The average molecular weight is 990 g/mol. The fraction of sp³-hybridized carbons (Fsp3) is 0.303. The van der Waals surface area contributed by atoms with Crippen LogP contribution in [0.15, 0.2) is 182 Å². The van der Waals surface area contributed by atoms with E-state index < -0.39 is 10.8 Å². The number of benzene rings is 7. The number of likely N-dealkylation sites (tertiary alicyclic amines) is 2. The Morgan fingerprint density at radius 1 is 0.440 bits per heavy atom. The van der Waals surface area contributed by atoms with Gasteiger partial charge in [-0.25, -0.2) is 9.97 Å². The van der Waals surface area contributed by atoms with Gasteiger partial charge in [0, 0.05) is 18.8 Å². The summed E-state index contributed by atoms with van der Waals surface area (Å²) >= 11 is 0. The van der Waals surface area contributed by atoms with Gasteiger partial charge in [-0.1, -0.05) is 166 Å². The summed E-state index contributed by atoms with van der Waals surface area (Å²) < 4.78 is 0. The number of hydrogen-bond acceptors (Lipinski definition) is 5. The molecule has 3 aliphatic heterocycles. The highest BCUT2D eigenvalue weighted by Crippen LogP contribution is 2.49. The monoisotopic (exact) mass is 990 g/mol. The van der Waals surface area contributed by atoms with Crippen LogP contribution in [0.2, 0.25) is 0 Å². The van der Waals surface area contributed by atoms with E-state index in [-0.39, 0.29) is 41.4 Å². The molecule has 12 rings (SSSR count). The summed E-state index contributed by atoms with van der Waals surface area (Å²) in [4.78, 5) is 54.8. The van der Waals surface area contributed by atoms with E-state index >= 15 is 9.59 Å². The van der Waals surface area contributed by atoms with Crippen molar-refractivity contribution in [3.8, 4) is 0 Å². The number of carbonyl (C=O) groups is 2. The van der Waals surface area contributed by atoms with Crippen molar-refractivity contribution in [3.63, 3.8) is 0 Å². The average Bonchev–Trinajstić information content (AvgIpc) is 4.34. The molecule has 2 N–H and O–H groups in total. The largest absolute Gasteiger partial charge is 0.357 e. The van der Waals surface area contributed by atoms with Crippen LogP contribution in [0.5, 0.6) is 0 Å². The molecule has 0 saturated carbocycles. The number of aromatic nitrogens is 4. The van der Waals surface area contributed by atoms with Gasteiger partial charge in [0.1, 0.15) is 11.6 Å². The van der Waals surface area contributed by atoms with Gasteiger partial charge in [-0.05, 0) is 133 Å². The van der Waals surface area contributed by atoms with Crippen LogP contribution in [-0.4, -0.2) is 54.6 Å². The highest BCUT2D eigenvalue weighted by molar-refractivity contribution is 5.93. The second-order valence-electron chi connectivity index (χ2n) is 22.6. The fourth-order valence-electron chi connectivity index (χ4n) is 12.9. The lowest BCUT2D eigenvalue weighted by molar-refractivity contribution is -0.137. The van der Waals surface area contributed by atoms with Crippen molar-refractivity contribution >= 4 is 39.6 Å². The Morgan fingerprint density at radius 2 is 0.813 bits per heavy atom. The number of carbonyl (C=O) groups excluding carboxylic acids is 2. The normalized spacial score (nSPS) is 19.4. The molecule has 2 aromatic heterocycles. The number of anilines is 1. The Morgan fingerprint density at radius 3 is 1.17 bits per heavy atom. The van der Waals surface area contributed by atoms with Crippen LogP contribution in [0, 0.1) is 0 Å². The van der Waals surface area contributed by atoms with E-state index in [0.29, 0.717) is 13.1 Å². The topological polar surface area (TPSA) is 101 Å². The van der Waals surface area contributed by atoms with E-state index in [4.69, 9.17) is 9.97 Å². The van der Waals surface area contributed by atoms with E-state index in [2.05, 4.69) is 168 Å². The SMILES string of the molecule is CC(C)(C)c1ccc(N2C(c3ccc4nc([C@@H]5CCCN5C(=O)C(C)(c5ccccc5)c5ccccc5)[nH]c4c3)CC[C@@H]2c2ccc3nc([C@@H]4CCCN4C(=O)C(C)(c4ccccc4)c4ccccc4)[nH]c3c2)cc1.